The molecule has 0 bridgehead atoms. The lowest BCUT2D eigenvalue weighted by atomic mass is 10.1. The lowest BCUT2D eigenvalue weighted by molar-refractivity contribution is -0.140. The summed E-state index contributed by atoms with van der Waals surface area (Å²) in [5, 5.41) is 10.6. The number of aromatic nitrogens is 1. The highest BCUT2D eigenvalue weighted by Gasteiger charge is 2.23. The number of carbonyl (C=O) groups is 2. The van der Waals surface area contributed by atoms with Crippen molar-refractivity contribution < 1.29 is 14.7 Å². The van der Waals surface area contributed by atoms with Crippen LogP contribution in [0.1, 0.15) is 18.5 Å². The van der Waals surface area contributed by atoms with Crippen LogP contribution in [0.25, 0.3) is 10.9 Å². The first-order chi connectivity index (χ1) is 12.0. The minimum absolute atomic E-state index is 0.0585. The molecule has 0 aliphatic carbocycles. The largest absolute Gasteiger partial charge is 0.393 e. The Morgan fingerprint density at radius 3 is 2.64 bits per heavy atom. The van der Waals surface area contributed by atoms with Crippen molar-refractivity contribution in [2.45, 2.75) is 32.4 Å². The molecule has 3 rings (SSSR count). The van der Waals surface area contributed by atoms with Crippen molar-refractivity contribution in [1.29, 1.82) is 0 Å². The lowest BCUT2D eigenvalue weighted by Gasteiger charge is -2.31. The minimum Gasteiger partial charge on any atom is -0.393 e. The zero-order valence-electron chi connectivity index (χ0n) is 14.8. The van der Waals surface area contributed by atoms with E-state index in [4.69, 9.17) is 0 Å². The van der Waals surface area contributed by atoms with E-state index in [1.165, 1.54) is 4.90 Å². The fourth-order valence-electron chi connectivity index (χ4n) is 3.32. The summed E-state index contributed by atoms with van der Waals surface area (Å²) in [4.78, 5) is 28.1. The van der Waals surface area contributed by atoms with E-state index in [1.807, 2.05) is 35.8 Å². The van der Waals surface area contributed by atoms with E-state index in [0.29, 0.717) is 25.9 Å². The maximum atomic E-state index is 12.6. The first-order valence-corrected chi connectivity index (χ1v) is 8.70. The number of rotatable bonds is 4. The zero-order valence-corrected chi connectivity index (χ0v) is 14.8. The van der Waals surface area contributed by atoms with E-state index in [1.54, 1.807) is 11.9 Å². The third-order valence-corrected chi connectivity index (χ3v) is 4.93. The molecule has 134 valence electrons. The molecular weight excluding hydrogens is 318 g/mol. The number of carbonyl (C=O) groups excluding carboxylic acids is 2. The molecule has 6 nitrogen and oxygen atoms in total. The highest BCUT2D eigenvalue weighted by atomic mass is 16.3. The van der Waals surface area contributed by atoms with Gasteiger partial charge in [-0.2, -0.15) is 0 Å². The molecule has 0 atom stereocenters. The van der Waals surface area contributed by atoms with Crippen molar-refractivity contribution in [2.75, 3.05) is 26.7 Å². The molecule has 2 amide bonds. The summed E-state index contributed by atoms with van der Waals surface area (Å²) in [6, 6.07) is 10.0. The molecule has 6 heteroatoms. The summed E-state index contributed by atoms with van der Waals surface area (Å²) in [6.45, 7) is 3.40. The number of nitrogens with zero attached hydrogens (tertiary/aromatic N) is 3. The number of hydrogen-bond acceptors (Lipinski definition) is 3. The quantitative estimate of drug-likeness (QED) is 0.912. The van der Waals surface area contributed by atoms with Crippen molar-refractivity contribution in [3.8, 4) is 0 Å². The number of aryl methyl sites for hydroxylation is 1. The Hall–Kier alpha value is -2.34. The highest BCUT2D eigenvalue weighted by molar-refractivity contribution is 5.87. The normalized spacial score (nSPS) is 15.6. The Bertz CT molecular complexity index is 775. The van der Waals surface area contributed by atoms with Gasteiger partial charge in [0.15, 0.2) is 0 Å². The van der Waals surface area contributed by atoms with Gasteiger partial charge in [-0.15, -0.1) is 0 Å². The topological polar surface area (TPSA) is 65.8 Å². The molecule has 1 aromatic carbocycles. The predicted octanol–water partition coefficient (Wildman–Crippen LogP) is 1.39. The molecule has 0 spiro atoms. The molecule has 1 aromatic heterocycles. The third-order valence-electron chi connectivity index (χ3n) is 4.93. The van der Waals surface area contributed by atoms with Crippen molar-refractivity contribution in [3.63, 3.8) is 0 Å². The number of aliphatic hydroxyl groups is 1. The monoisotopic (exact) mass is 343 g/mol. The van der Waals surface area contributed by atoms with Crippen LogP contribution in [0.15, 0.2) is 30.3 Å². The third kappa shape index (κ3) is 3.85. The number of likely N-dealkylation sites (tertiary alicyclic amines) is 1. The van der Waals surface area contributed by atoms with Gasteiger partial charge < -0.3 is 19.5 Å². The Kier molecular flexibility index (Phi) is 5.08. The van der Waals surface area contributed by atoms with Crippen LogP contribution in [0.2, 0.25) is 0 Å². The summed E-state index contributed by atoms with van der Waals surface area (Å²) in [5.41, 5.74) is 2.05. The van der Waals surface area contributed by atoms with Crippen LogP contribution in [0.5, 0.6) is 0 Å². The van der Waals surface area contributed by atoms with Crippen molar-refractivity contribution in [3.05, 3.63) is 36.0 Å². The second kappa shape index (κ2) is 7.27. The molecule has 0 unspecified atom stereocenters. The number of para-hydroxylation sites is 1. The summed E-state index contributed by atoms with van der Waals surface area (Å²) in [7, 11) is 1.67. The van der Waals surface area contributed by atoms with Gasteiger partial charge in [-0.1, -0.05) is 18.2 Å². The number of piperidine rings is 1. The molecule has 1 aliphatic rings. The first kappa shape index (κ1) is 17.5. The van der Waals surface area contributed by atoms with Crippen molar-refractivity contribution in [1.82, 2.24) is 14.4 Å². The Balaban J connectivity index is 1.62. The van der Waals surface area contributed by atoms with Crippen molar-refractivity contribution >= 4 is 22.7 Å². The summed E-state index contributed by atoms with van der Waals surface area (Å²) in [6.07, 6.45) is 0.907. The minimum atomic E-state index is -0.312. The van der Waals surface area contributed by atoms with Crippen LogP contribution in [0.3, 0.4) is 0 Å². The summed E-state index contributed by atoms with van der Waals surface area (Å²) >= 11 is 0. The maximum absolute atomic E-state index is 12.6. The highest BCUT2D eigenvalue weighted by Crippen LogP contribution is 2.19. The fourth-order valence-corrected chi connectivity index (χ4v) is 3.32. The average Bonchev–Trinajstić information content (AvgIpc) is 2.91. The number of hydrogen-bond donors (Lipinski definition) is 1. The molecule has 2 aromatic rings. The van der Waals surface area contributed by atoms with Crippen LogP contribution in [-0.2, 0) is 16.1 Å². The molecule has 1 aliphatic heterocycles. The van der Waals surface area contributed by atoms with Gasteiger partial charge in [0.25, 0.3) is 0 Å². The number of amides is 2. The SMILES string of the molecule is Cc1cc2ccccc2n1CC(=O)N(C)CC(=O)N1CCC(O)CC1. The lowest BCUT2D eigenvalue weighted by Crippen LogP contribution is -2.46. The van der Waals surface area contributed by atoms with E-state index < -0.39 is 0 Å². The van der Waals surface area contributed by atoms with Gasteiger partial charge in [0, 0.05) is 31.3 Å². The predicted molar refractivity (Wildman–Crippen MR) is 96.1 cm³/mol. The average molecular weight is 343 g/mol. The number of aliphatic hydroxyl groups excluding tert-OH is 1. The van der Waals surface area contributed by atoms with Crippen molar-refractivity contribution in [2.24, 2.45) is 0 Å². The van der Waals surface area contributed by atoms with E-state index in [-0.39, 0.29) is 31.0 Å². The number of likely N-dealkylation sites (N-methyl/N-ethyl adjacent to an activating group) is 1. The van der Waals surface area contributed by atoms with Gasteiger partial charge >= 0.3 is 0 Å². The van der Waals surface area contributed by atoms with Crippen LogP contribution >= 0.6 is 0 Å². The van der Waals surface area contributed by atoms with Gasteiger partial charge in [-0.25, -0.2) is 0 Å². The van der Waals surface area contributed by atoms with Gasteiger partial charge in [-0.3, -0.25) is 9.59 Å². The summed E-state index contributed by atoms with van der Waals surface area (Å²) in [5.74, 6) is -0.147. The molecule has 1 N–H and O–H groups in total. The van der Waals surface area contributed by atoms with Gasteiger partial charge in [0.05, 0.1) is 12.6 Å². The van der Waals surface area contributed by atoms with E-state index in [2.05, 4.69) is 6.07 Å². The fraction of sp³-hybridized carbons (Fsp3) is 0.474. The summed E-state index contributed by atoms with van der Waals surface area (Å²) < 4.78 is 1.98. The molecule has 25 heavy (non-hydrogen) atoms. The van der Waals surface area contributed by atoms with Crippen LogP contribution < -0.4 is 0 Å². The van der Waals surface area contributed by atoms with Crippen LogP contribution in [0, 0.1) is 6.92 Å². The van der Waals surface area contributed by atoms with Crippen LogP contribution in [-0.4, -0.2) is 64.1 Å². The zero-order chi connectivity index (χ0) is 18.0. The molecule has 2 heterocycles. The molecule has 1 fully saturated rings. The van der Waals surface area contributed by atoms with E-state index in [9.17, 15) is 14.7 Å². The standard InChI is InChI=1S/C19H25N3O3/c1-14-11-15-5-3-4-6-17(15)22(14)13-18(24)20(2)12-19(25)21-9-7-16(23)8-10-21/h3-6,11,16,23H,7-10,12-13H2,1-2H3. The second-order valence-electron chi connectivity index (χ2n) is 6.79. The van der Waals surface area contributed by atoms with Gasteiger partial charge in [0.1, 0.15) is 6.54 Å². The second-order valence-corrected chi connectivity index (χ2v) is 6.79. The van der Waals surface area contributed by atoms with E-state index in [0.717, 1.165) is 16.6 Å². The maximum Gasteiger partial charge on any atom is 0.242 e. The van der Waals surface area contributed by atoms with Gasteiger partial charge in [0.2, 0.25) is 11.8 Å². The van der Waals surface area contributed by atoms with Gasteiger partial charge in [-0.05, 0) is 37.3 Å². The Labute approximate surface area is 147 Å². The smallest absolute Gasteiger partial charge is 0.242 e. The number of benzene rings is 1. The molecule has 0 radical (unpaired) electrons. The Morgan fingerprint density at radius 1 is 1.24 bits per heavy atom. The number of fused-ring (bicyclic) bond motifs is 1. The molecular formula is C19H25N3O3. The van der Waals surface area contributed by atoms with Crippen LogP contribution in [0.4, 0.5) is 0 Å². The Morgan fingerprint density at radius 2 is 1.92 bits per heavy atom. The molecule has 0 saturated carbocycles. The van der Waals surface area contributed by atoms with E-state index >= 15 is 0 Å². The molecule has 1 saturated heterocycles. The first-order valence-electron chi connectivity index (χ1n) is 8.70.